The fraction of sp³-hybridized carbons (Fsp3) is 0.364. The van der Waals surface area contributed by atoms with E-state index in [1.807, 2.05) is 63.5 Å². The Morgan fingerprint density at radius 1 is 1.15 bits per heavy atom. The minimum atomic E-state index is -0.295. The van der Waals surface area contributed by atoms with Crippen LogP contribution in [0.15, 0.2) is 41.4 Å². The first-order chi connectivity index (χ1) is 12.4. The Labute approximate surface area is 155 Å². The van der Waals surface area contributed by atoms with E-state index in [4.69, 9.17) is 4.74 Å². The van der Waals surface area contributed by atoms with E-state index in [0.29, 0.717) is 11.6 Å². The molecule has 0 aliphatic heterocycles. The Morgan fingerprint density at radius 3 is 2.50 bits per heavy atom. The van der Waals surface area contributed by atoms with Crippen molar-refractivity contribution in [3.63, 3.8) is 0 Å². The molecule has 1 aliphatic rings. The molecular formula is C22H26N2O2. The fourth-order valence-corrected chi connectivity index (χ4v) is 2.80. The molecule has 0 atom stereocenters. The van der Waals surface area contributed by atoms with Gasteiger partial charge in [0, 0.05) is 13.1 Å². The molecule has 1 fully saturated rings. The van der Waals surface area contributed by atoms with E-state index in [2.05, 4.69) is 16.9 Å². The van der Waals surface area contributed by atoms with Crippen LogP contribution in [0.4, 0.5) is 5.69 Å². The van der Waals surface area contributed by atoms with Crippen molar-refractivity contribution in [3.05, 3.63) is 64.2 Å². The van der Waals surface area contributed by atoms with Gasteiger partial charge >= 0.3 is 5.97 Å². The SMILES string of the molecule is Cc1ccc(COC(=O)c2cc(C)c(N=CN(C)C3CC3)cc2C)cc1. The second kappa shape index (κ2) is 7.73. The molecule has 26 heavy (non-hydrogen) atoms. The monoisotopic (exact) mass is 350 g/mol. The molecule has 0 aromatic heterocycles. The lowest BCUT2D eigenvalue weighted by Crippen LogP contribution is -2.17. The van der Waals surface area contributed by atoms with Gasteiger partial charge in [-0.2, -0.15) is 0 Å². The second-order valence-corrected chi connectivity index (χ2v) is 7.16. The van der Waals surface area contributed by atoms with Gasteiger partial charge in [0.1, 0.15) is 6.61 Å². The van der Waals surface area contributed by atoms with Crippen molar-refractivity contribution in [2.75, 3.05) is 7.05 Å². The van der Waals surface area contributed by atoms with Crippen LogP contribution in [0.3, 0.4) is 0 Å². The Balaban J connectivity index is 1.68. The smallest absolute Gasteiger partial charge is 0.338 e. The molecule has 0 heterocycles. The van der Waals surface area contributed by atoms with Crippen LogP contribution in [0.1, 0.15) is 45.5 Å². The van der Waals surface area contributed by atoms with Crippen LogP contribution < -0.4 is 0 Å². The third-order valence-corrected chi connectivity index (χ3v) is 4.76. The summed E-state index contributed by atoms with van der Waals surface area (Å²) in [6.45, 7) is 6.21. The molecule has 0 amide bonds. The van der Waals surface area contributed by atoms with Gasteiger partial charge in [-0.3, -0.25) is 0 Å². The summed E-state index contributed by atoms with van der Waals surface area (Å²) in [6, 6.07) is 12.5. The van der Waals surface area contributed by atoms with Crippen LogP contribution in [0, 0.1) is 20.8 Å². The molecule has 0 radical (unpaired) electrons. The predicted octanol–water partition coefficient (Wildman–Crippen LogP) is 4.72. The van der Waals surface area contributed by atoms with Crippen molar-refractivity contribution in [1.82, 2.24) is 4.90 Å². The summed E-state index contributed by atoms with van der Waals surface area (Å²) in [5, 5.41) is 0. The van der Waals surface area contributed by atoms with Crippen LogP contribution in [-0.4, -0.2) is 30.3 Å². The average Bonchev–Trinajstić information content (AvgIpc) is 3.46. The van der Waals surface area contributed by atoms with Crippen molar-refractivity contribution in [1.29, 1.82) is 0 Å². The van der Waals surface area contributed by atoms with Gasteiger partial charge in [-0.05, 0) is 62.4 Å². The summed E-state index contributed by atoms with van der Waals surface area (Å²) in [4.78, 5) is 19.2. The molecule has 136 valence electrons. The summed E-state index contributed by atoms with van der Waals surface area (Å²) < 4.78 is 5.48. The van der Waals surface area contributed by atoms with Crippen LogP contribution in [0.2, 0.25) is 0 Å². The normalized spacial score (nSPS) is 13.8. The molecule has 3 rings (SSSR count). The molecule has 4 heteroatoms. The largest absolute Gasteiger partial charge is 0.457 e. The number of aryl methyl sites for hydroxylation is 3. The summed E-state index contributed by atoms with van der Waals surface area (Å²) in [5.41, 5.74) is 5.52. The predicted molar refractivity (Wildman–Crippen MR) is 105 cm³/mol. The maximum Gasteiger partial charge on any atom is 0.338 e. The van der Waals surface area contributed by atoms with Crippen LogP contribution >= 0.6 is 0 Å². The van der Waals surface area contributed by atoms with Crippen LogP contribution in [-0.2, 0) is 11.3 Å². The van der Waals surface area contributed by atoms with Crippen LogP contribution in [0.5, 0.6) is 0 Å². The number of nitrogens with zero attached hydrogens (tertiary/aromatic N) is 2. The van der Waals surface area contributed by atoms with Crippen molar-refractivity contribution in [2.24, 2.45) is 4.99 Å². The maximum absolute atomic E-state index is 12.5. The topological polar surface area (TPSA) is 41.9 Å². The molecule has 0 unspecified atom stereocenters. The van der Waals surface area contributed by atoms with E-state index in [1.54, 1.807) is 0 Å². The molecule has 0 saturated heterocycles. The van der Waals surface area contributed by atoms with Crippen molar-refractivity contribution < 1.29 is 9.53 Å². The molecule has 0 bridgehead atoms. The Hall–Kier alpha value is -2.62. The third kappa shape index (κ3) is 4.51. The number of hydrogen-bond donors (Lipinski definition) is 0. The number of rotatable bonds is 6. The van der Waals surface area contributed by atoms with Gasteiger partial charge in [0.15, 0.2) is 0 Å². The highest BCUT2D eigenvalue weighted by Gasteiger charge is 2.24. The molecule has 1 saturated carbocycles. The number of esters is 1. The lowest BCUT2D eigenvalue weighted by molar-refractivity contribution is 0.0472. The summed E-state index contributed by atoms with van der Waals surface area (Å²) in [7, 11) is 2.06. The lowest BCUT2D eigenvalue weighted by atomic mass is 10.0. The number of aliphatic imine (C=N–C) groups is 1. The number of ether oxygens (including phenoxy) is 1. The first kappa shape index (κ1) is 18.2. The maximum atomic E-state index is 12.5. The van der Waals surface area contributed by atoms with Crippen LogP contribution in [0.25, 0.3) is 0 Å². The second-order valence-electron chi connectivity index (χ2n) is 7.16. The summed E-state index contributed by atoms with van der Waals surface area (Å²) in [5.74, 6) is -0.295. The Bertz CT molecular complexity index is 821. The van der Waals surface area contributed by atoms with Gasteiger partial charge in [0.2, 0.25) is 0 Å². The first-order valence-electron chi connectivity index (χ1n) is 9.04. The Kier molecular flexibility index (Phi) is 5.40. The highest BCUT2D eigenvalue weighted by Crippen LogP contribution is 2.26. The number of carbonyl (C=O) groups is 1. The van der Waals surface area contributed by atoms with Gasteiger partial charge in [-0.1, -0.05) is 29.8 Å². The van der Waals surface area contributed by atoms with Gasteiger partial charge in [-0.15, -0.1) is 0 Å². The average molecular weight is 350 g/mol. The minimum Gasteiger partial charge on any atom is -0.457 e. The number of carbonyl (C=O) groups excluding carboxylic acids is 1. The van der Waals surface area contributed by atoms with E-state index in [9.17, 15) is 4.79 Å². The minimum absolute atomic E-state index is 0.281. The molecule has 1 aliphatic carbocycles. The van der Waals surface area contributed by atoms with Gasteiger partial charge in [-0.25, -0.2) is 9.79 Å². The quantitative estimate of drug-likeness (QED) is 0.430. The zero-order valence-electron chi connectivity index (χ0n) is 16.0. The van der Waals surface area contributed by atoms with Gasteiger partial charge in [0.25, 0.3) is 0 Å². The zero-order valence-corrected chi connectivity index (χ0v) is 16.0. The molecule has 2 aromatic carbocycles. The van der Waals surface area contributed by atoms with E-state index < -0.39 is 0 Å². The zero-order chi connectivity index (χ0) is 18.7. The van der Waals surface area contributed by atoms with Crippen molar-refractivity contribution >= 4 is 18.0 Å². The molecule has 4 nitrogen and oxygen atoms in total. The Morgan fingerprint density at radius 2 is 1.85 bits per heavy atom. The number of benzene rings is 2. The standard InChI is InChI=1S/C22H26N2O2/c1-15-5-7-18(8-6-15)13-26-22(25)20-11-17(3)21(12-16(20)2)23-14-24(4)19-9-10-19/h5-8,11-12,14,19H,9-10,13H2,1-4H3. The van der Waals surface area contributed by atoms with E-state index in [-0.39, 0.29) is 12.6 Å². The van der Waals surface area contributed by atoms with Gasteiger partial charge in [0.05, 0.1) is 17.6 Å². The third-order valence-electron chi connectivity index (χ3n) is 4.76. The molecule has 0 N–H and O–H groups in total. The molecular weight excluding hydrogens is 324 g/mol. The fourth-order valence-electron chi connectivity index (χ4n) is 2.80. The highest BCUT2D eigenvalue weighted by atomic mass is 16.5. The summed E-state index contributed by atoms with van der Waals surface area (Å²) >= 11 is 0. The van der Waals surface area contributed by atoms with Crippen molar-refractivity contribution in [2.45, 2.75) is 46.3 Å². The summed E-state index contributed by atoms with van der Waals surface area (Å²) in [6.07, 6.45) is 4.37. The van der Waals surface area contributed by atoms with Crippen molar-refractivity contribution in [3.8, 4) is 0 Å². The first-order valence-corrected chi connectivity index (χ1v) is 9.04. The highest BCUT2D eigenvalue weighted by molar-refractivity contribution is 5.92. The lowest BCUT2D eigenvalue weighted by Gasteiger charge is -2.13. The molecule has 2 aromatic rings. The van der Waals surface area contributed by atoms with E-state index in [0.717, 1.165) is 22.4 Å². The van der Waals surface area contributed by atoms with E-state index in [1.165, 1.54) is 18.4 Å². The number of hydrogen-bond acceptors (Lipinski definition) is 3. The van der Waals surface area contributed by atoms with E-state index >= 15 is 0 Å². The van der Waals surface area contributed by atoms with Gasteiger partial charge < -0.3 is 9.64 Å². The molecule has 0 spiro atoms.